The lowest BCUT2D eigenvalue weighted by Crippen LogP contribution is -2.31. The summed E-state index contributed by atoms with van der Waals surface area (Å²) in [5.41, 5.74) is 1.65. The van der Waals surface area contributed by atoms with Gasteiger partial charge in [0.1, 0.15) is 0 Å². The number of benzene rings is 2. The Kier molecular flexibility index (Phi) is 5.54. The smallest absolute Gasteiger partial charge is 0.256 e. The summed E-state index contributed by atoms with van der Waals surface area (Å²) in [6, 6.07) is 17.6. The number of likely N-dealkylation sites (tertiary alicyclic amines) is 1. The quantitative estimate of drug-likeness (QED) is 0.659. The third kappa shape index (κ3) is 4.06. The van der Waals surface area contributed by atoms with Gasteiger partial charge in [0.25, 0.3) is 5.56 Å². The van der Waals surface area contributed by atoms with E-state index in [0.717, 1.165) is 35.4 Å². The minimum Gasteiger partial charge on any atom is -0.491 e. The second kappa shape index (κ2) is 8.40. The normalized spacial score (nSPS) is 15.1. The van der Waals surface area contributed by atoms with Gasteiger partial charge in [0.2, 0.25) is 0 Å². The van der Waals surface area contributed by atoms with Crippen molar-refractivity contribution in [2.75, 3.05) is 26.2 Å². The summed E-state index contributed by atoms with van der Waals surface area (Å²) in [5.74, 6) is 0.773. The van der Waals surface area contributed by atoms with Crippen LogP contribution in [0.25, 0.3) is 22.0 Å². The topological polar surface area (TPSA) is 45.3 Å². The number of aromatic nitrogens is 1. The van der Waals surface area contributed by atoms with E-state index in [1.165, 1.54) is 32.4 Å². The van der Waals surface area contributed by atoms with Gasteiger partial charge in [-0.2, -0.15) is 0 Å². The first-order valence-corrected chi connectivity index (χ1v) is 9.88. The maximum Gasteiger partial charge on any atom is 0.256 e. The van der Waals surface area contributed by atoms with E-state index in [-0.39, 0.29) is 5.56 Å². The van der Waals surface area contributed by atoms with Crippen LogP contribution in [-0.4, -0.2) is 36.1 Å². The molecule has 0 radical (unpaired) electrons. The van der Waals surface area contributed by atoms with Gasteiger partial charge in [-0.25, -0.2) is 0 Å². The molecule has 3 aromatic rings. The van der Waals surface area contributed by atoms with Crippen molar-refractivity contribution in [1.29, 1.82) is 0 Å². The lowest BCUT2D eigenvalue weighted by molar-refractivity contribution is 0.205. The van der Waals surface area contributed by atoms with Crippen LogP contribution in [0.15, 0.2) is 59.4 Å². The molecule has 1 saturated heterocycles. The molecule has 2 aromatic carbocycles. The number of H-pyrrole nitrogens is 1. The fraction of sp³-hybridized carbons (Fsp3) is 0.348. The number of hydrogen-bond acceptors (Lipinski definition) is 3. The summed E-state index contributed by atoms with van der Waals surface area (Å²) in [5, 5.41) is 1.54. The van der Waals surface area contributed by atoms with Crippen LogP contribution in [0.1, 0.15) is 25.7 Å². The van der Waals surface area contributed by atoms with Crippen molar-refractivity contribution in [3.05, 3.63) is 65.0 Å². The molecular weight excluding hydrogens is 336 g/mol. The van der Waals surface area contributed by atoms with Gasteiger partial charge >= 0.3 is 0 Å². The van der Waals surface area contributed by atoms with Gasteiger partial charge in [0.15, 0.2) is 5.75 Å². The Balaban J connectivity index is 1.59. The second-order valence-corrected chi connectivity index (χ2v) is 7.17. The highest BCUT2D eigenvalue weighted by Crippen LogP contribution is 2.33. The monoisotopic (exact) mass is 362 g/mol. The molecule has 4 heteroatoms. The summed E-state index contributed by atoms with van der Waals surface area (Å²) in [7, 11) is 0. The molecule has 1 aliphatic rings. The lowest BCUT2D eigenvalue weighted by Gasteiger charge is -2.26. The molecule has 0 bridgehead atoms. The van der Waals surface area contributed by atoms with E-state index in [1.807, 2.05) is 54.6 Å². The molecule has 1 aromatic heterocycles. The van der Waals surface area contributed by atoms with Crippen molar-refractivity contribution in [2.45, 2.75) is 25.7 Å². The Morgan fingerprint density at radius 2 is 1.59 bits per heavy atom. The molecule has 27 heavy (non-hydrogen) atoms. The highest BCUT2D eigenvalue weighted by atomic mass is 16.5. The Hall–Kier alpha value is -2.59. The molecule has 0 spiro atoms. The van der Waals surface area contributed by atoms with E-state index in [2.05, 4.69) is 9.88 Å². The molecule has 4 rings (SSSR count). The van der Waals surface area contributed by atoms with Crippen molar-refractivity contribution in [3.8, 4) is 17.0 Å². The van der Waals surface area contributed by atoms with E-state index in [4.69, 9.17) is 4.74 Å². The van der Waals surface area contributed by atoms with Gasteiger partial charge in [0, 0.05) is 17.5 Å². The zero-order chi connectivity index (χ0) is 18.5. The van der Waals surface area contributed by atoms with Gasteiger partial charge in [0.05, 0.1) is 17.7 Å². The first-order valence-electron chi connectivity index (χ1n) is 9.88. The van der Waals surface area contributed by atoms with Crippen LogP contribution in [-0.2, 0) is 0 Å². The number of fused-ring (bicyclic) bond motifs is 1. The third-order valence-corrected chi connectivity index (χ3v) is 5.26. The van der Waals surface area contributed by atoms with Crippen LogP contribution in [0.2, 0.25) is 0 Å². The second-order valence-electron chi connectivity index (χ2n) is 7.17. The number of nitrogens with one attached hydrogen (secondary N) is 1. The number of hydrogen-bond donors (Lipinski definition) is 1. The number of pyridine rings is 1. The summed E-state index contributed by atoms with van der Waals surface area (Å²) in [6.45, 7) is 4.13. The molecule has 0 saturated carbocycles. The van der Waals surface area contributed by atoms with E-state index in [9.17, 15) is 4.79 Å². The fourth-order valence-electron chi connectivity index (χ4n) is 3.85. The van der Waals surface area contributed by atoms with Crippen LogP contribution in [0.5, 0.6) is 5.75 Å². The zero-order valence-electron chi connectivity index (χ0n) is 15.6. The molecule has 4 nitrogen and oxygen atoms in total. The van der Waals surface area contributed by atoms with Crippen molar-refractivity contribution in [3.63, 3.8) is 0 Å². The molecule has 0 aliphatic carbocycles. The van der Waals surface area contributed by atoms with E-state index < -0.39 is 0 Å². The fourth-order valence-corrected chi connectivity index (χ4v) is 3.85. The highest BCUT2D eigenvalue weighted by molar-refractivity contribution is 5.92. The number of aromatic amines is 1. The Morgan fingerprint density at radius 1 is 0.889 bits per heavy atom. The molecule has 0 atom stereocenters. The number of nitrogens with zero attached hydrogens (tertiary/aromatic N) is 1. The zero-order valence-corrected chi connectivity index (χ0v) is 15.6. The average Bonchev–Trinajstić information content (AvgIpc) is 2.74. The minimum atomic E-state index is -0.0786. The lowest BCUT2D eigenvalue weighted by atomic mass is 10.1. The molecule has 140 valence electrons. The number of rotatable bonds is 6. The van der Waals surface area contributed by atoms with Crippen LogP contribution in [0.3, 0.4) is 0 Å². The van der Waals surface area contributed by atoms with Gasteiger partial charge in [-0.05, 0) is 38.4 Å². The average molecular weight is 362 g/mol. The number of ether oxygens (including phenoxy) is 1. The predicted octanol–water partition coefficient (Wildman–Crippen LogP) is 4.45. The molecule has 1 aliphatic heterocycles. The van der Waals surface area contributed by atoms with Crippen molar-refractivity contribution in [1.82, 2.24) is 9.88 Å². The molecule has 1 fully saturated rings. The van der Waals surface area contributed by atoms with Crippen molar-refractivity contribution in [2.24, 2.45) is 0 Å². The molecule has 1 N–H and O–H groups in total. The van der Waals surface area contributed by atoms with Gasteiger partial charge in [-0.3, -0.25) is 4.79 Å². The summed E-state index contributed by atoms with van der Waals surface area (Å²) in [4.78, 5) is 18.1. The van der Waals surface area contributed by atoms with Crippen LogP contribution in [0, 0.1) is 0 Å². The molecule has 0 unspecified atom stereocenters. The van der Waals surface area contributed by atoms with E-state index in [0.29, 0.717) is 12.0 Å². The highest BCUT2D eigenvalue weighted by Gasteiger charge is 2.15. The Morgan fingerprint density at radius 3 is 2.37 bits per heavy atom. The number of piperidine rings is 1. The largest absolute Gasteiger partial charge is 0.491 e. The summed E-state index contributed by atoms with van der Waals surface area (Å²) < 4.78 is 6.25. The first kappa shape index (κ1) is 17.8. The minimum absolute atomic E-state index is 0.0786. The maximum absolute atomic E-state index is 12.5. The van der Waals surface area contributed by atoms with Crippen LogP contribution < -0.4 is 10.3 Å². The third-order valence-electron chi connectivity index (χ3n) is 5.26. The van der Waals surface area contributed by atoms with Gasteiger partial charge in [-0.15, -0.1) is 0 Å². The van der Waals surface area contributed by atoms with E-state index in [1.54, 1.807) is 0 Å². The molecular formula is C23H26N2O2. The first-order chi connectivity index (χ1) is 13.3. The predicted molar refractivity (Wildman–Crippen MR) is 110 cm³/mol. The van der Waals surface area contributed by atoms with E-state index >= 15 is 0 Å². The summed E-state index contributed by atoms with van der Waals surface area (Å²) >= 11 is 0. The SMILES string of the molecule is O=c1[nH]c(-c2ccccc2)c(OCCCN2CCCCC2)c2ccccc12. The van der Waals surface area contributed by atoms with Gasteiger partial charge in [-0.1, -0.05) is 55.0 Å². The molecule has 2 heterocycles. The Bertz CT molecular complexity index is 943. The van der Waals surface area contributed by atoms with Gasteiger partial charge < -0.3 is 14.6 Å². The van der Waals surface area contributed by atoms with Crippen molar-refractivity contribution < 1.29 is 4.74 Å². The van der Waals surface area contributed by atoms with Crippen LogP contribution in [0.4, 0.5) is 0 Å². The maximum atomic E-state index is 12.5. The summed E-state index contributed by atoms with van der Waals surface area (Å²) in [6.07, 6.45) is 4.96. The molecule has 0 amide bonds. The van der Waals surface area contributed by atoms with Crippen molar-refractivity contribution >= 4 is 10.8 Å². The standard InChI is InChI=1S/C23H26N2O2/c26-23-20-13-6-5-12-19(20)22(21(24-23)18-10-3-1-4-11-18)27-17-9-16-25-14-7-2-8-15-25/h1,3-6,10-13H,2,7-9,14-17H2,(H,24,26). The van der Waals surface area contributed by atoms with Crippen LogP contribution >= 0.6 is 0 Å². The Labute approximate surface area is 159 Å².